The van der Waals surface area contributed by atoms with Gasteiger partial charge in [-0.1, -0.05) is 19.1 Å². The molecule has 0 bridgehead atoms. The summed E-state index contributed by atoms with van der Waals surface area (Å²) in [5, 5.41) is 3.47. The molecule has 3 rings (SSSR count). The van der Waals surface area contributed by atoms with E-state index in [0.29, 0.717) is 10.8 Å². The maximum absolute atomic E-state index is 12.9. The summed E-state index contributed by atoms with van der Waals surface area (Å²) in [6, 6.07) is 7.09. The Morgan fingerprint density at radius 2 is 2.00 bits per heavy atom. The van der Waals surface area contributed by atoms with Crippen molar-refractivity contribution in [2.45, 2.75) is 25.2 Å². The molecule has 0 amide bonds. The van der Waals surface area contributed by atoms with Gasteiger partial charge < -0.3 is 5.32 Å². The van der Waals surface area contributed by atoms with Gasteiger partial charge in [0.25, 0.3) is 0 Å². The number of fused-ring (bicyclic) bond motifs is 1. The molecule has 1 N–H and O–H groups in total. The van der Waals surface area contributed by atoms with Gasteiger partial charge >= 0.3 is 0 Å². The van der Waals surface area contributed by atoms with Crippen LogP contribution in [0.4, 0.5) is 4.39 Å². The molecular weight excluding hydrogens is 189 g/mol. The van der Waals surface area contributed by atoms with E-state index in [4.69, 9.17) is 0 Å². The summed E-state index contributed by atoms with van der Waals surface area (Å²) >= 11 is 0. The third-order valence-corrected chi connectivity index (χ3v) is 4.49. The van der Waals surface area contributed by atoms with E-state index in [0.717, 1.165) is 13.1 Å². The highest BCUT2D eigenvalue weighted by Crippen LogP contribution is 2.68. The Kier molecular flexibility index (Phi) is 1.76. The SMILES string of the molecule is CCC12CNCC1(c1ccc(F)cc1)C2. The van der Waals surface area contributed by atoms with Crippen molar-refractivity contribution in [1.82, 2.24) is 5.32 Å². The highest BCUT2D eigenvalue weighted by molar-refractivity contribution is 5.41. The van der Waals surface area contributed by atoms with Gasteiger partial charge in [0.1, 0.15) is 5.82 Å². The first kappa shape index (κ1) is 9.34. The van der Waals surface area contributed by atoms with Gasteiger partial charge in [-0.3, -0.25) is 0 Å². The zero-order valence-electron chi connectivity index (χ0n) is 9.02. The van der Waals surface area contributed by atoms with Crippen LogP contribution in [-0.2, 0) is 5.41 Å². The average Bonchev–Trinajstić information content (AvgIpc) is 2.78. The van der Waals surface area contributed by atoms with Crippen LogP contribution >= 0.6 is 0 Å². The van der Waals surface area contributed by atoms with Crippen LogP contribution in [0.2, 0.25) is 0 Å². The molecule has 0 spiro atoms. The Balaban J connectivity index is 1.98. The van der Waals surface area contributed by atoms with Crippen LogP contribution in [0.15, 0.2) is 24.3 Å². The van der Waals surface area contributed by atoms with Gasteiger partial charge in [-0.25, -0.2) is 4.39 Å². The maximum Gasteiger partial charge on any atom is 0.123 e. The smallest absolute Gasteiger partial charge is 0.123 e. The fourth-order valence-corrected chi connectivity index (χ4v) is 3.40. The number of rotatable bonds is 2. The molecule has 1 heterocycles. The van der Waals surface area contributed by atoms with Gasteiger partial charge in [-0.05, 0) is 36.0 Å². The van der Waals surface area contributed by atoms with Gasteiger partial charge in [0.15, 0.2) is 0 Å². The van der Waals surface area contributed by atoms with Crippen molar-refractivity contribution < 1.29 is 4.39 Å². The Morgan fingerprint density at radius 1 is 1.27 bits per heavy atom. The van der Waals surface area contributed by atoms with Crippen molar-refractivity contribution in [3.05, 3.63) is 35.6 Å². The van der Waals surface area contributed by atoms with E-state index >= 15 is 0 Å². The van der Waals surface area contributed by atoms with Crippen molar-refractivity contribution >= 4 is 0 Å². The standard InChI is InChI=1S/C13H16FN/c1-2-12-7-13(12,9-15-8-12)10-3-5-11(14)6-4-10/h3-6,15H,2,7-9H2,1H3. The van der Waals surface area contributed by atoms with Crippen molar-refractivity contribution in [3.63, 3.8) is 0 Å². The Morgan fingerprint density at radius 3 is 2.60 bits per heavy atom. The zero-order valence-corrected chi connectivity index (χ0v) is 9.02. The van der Waals surface area contributed by atoms with Gasteiger partial charge in [0.05, 0.1) is 0 Å². The summed E-state index contributed by atoms with van der Waals surface area (Å²) in [7, 11) is 0. The van der Waals surface area contributed by atoms with Crippen LogP contribution in [0.25, 0.3) is 0 Å². The van der Waals surface area contributed by atoms with Gasteiger partial charge in [0, 0.05) is 18.5 Å². The summed E-state index contributed by atoms with van der Waals surface area (Å²) in [5.41, 5.74) is 2.09. The van der Waals surface area contributed by atoms with Gasteiger partial charge in [-0.2, -0.15) is 0 Å². The van der Waals surface area contributed by atoms with Gasteiger partial charge in [0.2, 0.25) is 0 Å². The number of benzene rings is 1. The van der Waals surface area contributed by atoms with E-state index in [-0.39, 0.29) is 5.82 Å². The first-order chi connectivity index (χ1) is 7.22. The second-order valence-corrected chi connectivity index (χ2v) is 5.00. The van der Waals surface area contributed by atoms with E-state index in [1.807, 2.05) is 12.1 Å². The van der Waals surface area contributed by atoms with Crippen LogP contribution < -0.4 is 5.32 Å². The van der Waals surface area contributed by atoms with Crippen molar-refractivity contribution in [2.75, 3.05) is 13.1 Å². The minimum atomic E-state index is -0.135. The van der Waals surface area contributed by atoms with E-state index in [1.54, 1.807) is 12.1 Å². The second kappa shape index (κ2) is 2.82. The molecule has 1 nitrogen and oxygen atoms in total. The van der Waals surface area contributed by atoms with Crippen molar-refractivity contribution in [1.29, 1.82) is 0 Å². The number of nitrogens with one attached hydrogen (secondary N) is 1. The van der Waals surface area contributed by atoms with Crippen molar-refractivity contribution in [2.24, 2.45) is 5.41 Å². The molecule has 1 aliphatic carbocycles. The van der Waals surface area contributed by atoms with Gasteiger partial charge in [-0.15, -0.1) is 0 Å². The molecule has 1 aromatic rings. The van der Waals surface area contributed by atoms with E-state index in [9.17, 15) is 4.39 Å². The fraction of sp³-hybridized carbons (Fsp3) is 0.538. The molecule has 1 saturated heterocycles. The van der Waals surface area contributed by atoms with Crippen LogP contribution in [0.1, 0.15) is 25.3 Å². The van der Waals surface area contributed by atoms with Crippen LogP contribution in [-0.4, -0.2) is 13.1 Å². The summed E-state index contributed by atoms with van der Waals surface area (Å²) < 4.78 is 12.9. The minimum Gasteiger partial charge on any atom is -0.315 e. The lowest BCUT2D eigenvalue weighted by atomic mass is 9.87. The molecule has 2 fully saturated rings. The van der Waals surface area contributed by atoms with Crippen LogP contribution in [0.5, 0.6) is 0 Å². The molecular formula is C13H16FN. The molecule has 0 aromatic heterocycles. The second-order valence-electron chi connectivity index (χ2n) is 5.00. The summed E-state index contributed by atoms with van der Waals surface area (Å²) in [4.78, 5) is 0. The summed E-state index contributed by atoms with van der Waals surface area (Å²) in [6.45, 7) is 4.45. The molecule has 1 aliphatic heterocycles. The Hall–Kier alpha value is -0.890. The number of halogens is 1. The molecule has 15 heavy (non-hydrogen) atoms. The predicted octanol–water partition coefficient (Wildman–Crippen LogP) is 2.47. The third kappa shape index (κ3) is 1.06. The predicted molar refractivity (Wildman–Crippen MR) is 58.3 cm³/mol. The molecule has 1 saturated carbocycles. The van der Waals surface area contributed by atoms with E-state index < -0.39 is 0 Å². The van der Waals surface area contributed by atoms with Crippen LogP contribution in [0, 0.1) is 11.2 Å². The zero-order chi connectivity index (χ0) is 10.5. The number of piperidine rings is 1. The lowest BCUT2D eigenvalue weighted by molar-refractivity contribution is 0.476. The lowest BCUT2D eigenvalue weighted by Gasteiger charge is -2.16. The Labute approximate surface area is 89.7 Å². The number of hydrogen-bond donors (Lipinski definition) is 1. The summed E-state index contributed by atoms with van der Waals surface area (Å²) in [5.74, 6) is -0.135. The largest absolute Gasteiger partial charge is 0.315 e. The quantitative estimate of drug-likeness (QED) is 0.782. The first-order valence-electron chi connectivity index (χ1n) is 5.69. The lowest BCUT2D eigenvalue weighted by Crippen LogP contribution is -2.19. The van der Waals surface area contributed by atoms with E-state index in [1.165, 1.54) is 18.4 Å². The average molecular weight is 205 g/mol. The normalized spacial score (nSPS) is 37.7. The highest BCUT2D eigenvalue weighted by Gasteiger charge is 2.69. The minimum absolute atomic E-state index is 0.135. The maximum atomic E-state index is 12.9. The topological polar surface area (TPSA) is 12.0 Å². The van der Waals surface area contributed by atoms with E-state index in [2.05, 4.69) is 12.2 Å². The molecule has 2 aliphatic rings. The number of hydrogen-bond acceptors (Lipinski definition) is 1. The monoisotopic (exact) mass is 205 g/mol. The third-order valence-electron chi connectivity index (χ3n) is 4.49. The molecule has 2 heteroatoms. The summed E-state index contributed by atoms with van der Waals surface area (Å²) in [6.07, 6.45) is 2.49. The molecule has 80 valence electrons. The molecule has 0 radical (unpaired) electrons. The molecule has 2 atom stereocenters. The Bertz CT molecular complexity index is 386. The fourth-order valence-electron chi connectivity index (χ4n) is 3.40. The molecule has 2 unspecified atom stereocenters. The highest BCUT2D eigenvalue weighted by atomic mass is 19.1. The molecule has 1 aromatic carbocycles. The first-order valence-corrected chi connectivity index (χ1v) is 5.69. The van der Waals surface area contributed by atoms with Crippen LogP contribution in [0.3, 0.4) is 0 Å². The van der Waals surface area contributed by atoms with Crippen molar-refractivity contribution in [3.8, 4) is 0 Å².